The van der Waals surface area contributed by atoms with Gasteiger partial charge in [0.05, 0.1) is 5.56 Å². The molecule has 0 atom stereocenters. The molecule has 1 rings (SSSR count). The molecule has 0 saturated heterocycles. The summed E-state index contributed by atoms with van der Waals surface area (Å²) < 4.78 is 17.4. The van der Waals surface area contributed by atoms with E-state index in [1.807, 2.05) is 0 Å². The molecule has 63 valence electrons. The lowest BCUT2D eigenvalue weighted by atomic mass is 10.2. The number of nitrogens with zero attached hydrogens (tertiary/aromatic N) is 2. The molecule has 0 unspecified atom stereocenters. The summed E-state index contributed by atoms with van der Waals surface area (Å²) in [5.74, 6) is -0.452. The number of nitriles is 2. The second-order valence-corrected chi connectivity index (χ2v) is 2.12. The number of benzene rings is 1. The molecule has 1 aromatic carbocycles. The molecule has 0 spiro atoms. The summed E-state index contributed by atoms with van der Waals surface area (Å²) >= 11 is 0. The number of hydrogen-bond acceptors (Lipinski definition) is 3. The summed E-state index contributed by atoms with van der Waals surface area (Å²) in [5, 5.41) is 16.8. The normalized spacial score (nSPS) is 8.54. The number of halogens is 1. The molecule has 4 heteroatoms. The van der Waals surface area contributed by atoms with E-state index < -0.39 is 5.82 Å². The molecule has 3 nitrogen and oxygen atoms in total. The van der Waals surface area contributed by atoms with Crippen molar-refractivity contribution in [1.29, 1.82) is 10.5 Å². The predicted molar refractivity (Wildman–Crippen MR) is 41.1 cm³/mol. The van der Waals surface area contributed by atoms with E-state index in [-0.39, 0.29) is 17.9 Å². The summed E-state index contributed by atoms with van der Waals surface area (Å²) in [7, 11) is 0. The van der Waals surface area contributed by atoms with Crippen molar-refractivity contribution >= 4 is 0 Å². The van der Waals surface area contributed by atoms with E-state index in [9.17, 15) is 4.39 Å². The molecule has 0 amide bonds. The first-order valence-corrected chi connectivity index (χ1v) is 3.39. The molecule has 0 aliphatic carbocycles. The van der Waals surface area contributed by atoms with Gasteiger partial charge in [0, 0.05) is 6.07 Å². The van der Waals surface area contributed by atoms with Crippen molar-refractivity contribution in [3.8, 4) is 17.9 Å². The lowest BCUT2D eigenvalue weighted by Crippen LogP contribution is -1.96. The van der Waals surface area contributed by atoms with Gasteiger partial charge in [0.2, 0.25) is 0 Å². The molecule has 0 aliphatic rings. The summed E-state index contributed by atoms with van der Waals surface area (Å²) in [6, 6.07) is 7.93. The number of ether oxygens (including phenoxy) is 1. The van der Waals surface area contributed by atoms with Gasteiger partial charge in [0.1, 0.15) is 23.7 Å². The highest BCUT2D eigenvalue weighted by Crippen LogP contribution is 2.17. The minimum atomic E-state index is -0.624. The van der Waals surface area contributed by atoms with Gasteiger partial charge in [0.25, 0.3) is 0 Å². The molecule has 0 aliphatic heterocycles. The van der Waals surface area contributed by atoms with Crippen molar-refractivity contribution in [2.75, 3.05) is 6.61 Å². The van der Waals surface area contributed by atoms with Crippen LogP contribution in [0.1, 0.15) is 5.56 Å². The number of rotatable bonds is 2. The molecule has 0 heterocycles. The fraction of sp³-hybridized carbons (Fsp3) is 0.111. The van der Waals surface area contributed by atoms with Crippen molar-refractivity contribution in [1.82, 2.24) is 0 Å². The molecule has 13 heavy (non-hydrogen) atoms. The van der Waals surface area contributed by atoms with Gasteiger partial charge in [-0.25, -0.2) is 4.39 Å². The van der Waals surface area contributed by atoms with Crippen LogP contribution in [0.4, 0.5) is 4.39 Å². The Morgan fingerprint density at radius 2 is 2.31 bits per heavy atom. The van der Waals surface area contributed by atoms with Gasteiger partial charge in [-0.3, -0.25) is 0 Å². The zero-order chi connectivity index (χ0) is 9.68. The van der Waals surface area contributed by atoms with Crippen LogP contribution in [0.2, 0.25) is 0 Å². The highest BCUT2D eigenvalue weighted by Gasteiger charge is 2.04. The van der Waals surface area contributed by atoms with E-state index in [0.29, 0.717) is 0 Å². The van der Waals surface area contributed by atoms with Crippen LogP contribution in [0.15, 0.2) is 12.1 Å². The second kappa shape index (κ2) is 4.08. The third kappa shape index (κ3) is 2.18. The summed E-state index contributed by atoms with van der Waals surface area (Å²) in [5.41, 5.74) is 0.0616. The van der Waals surface area contributed by atoms with Crippen LogP contribution in [0.3, 0.4) is 0 Å². The zero-order valence-electron chi connectivity index (χ0n) is 6.54. The smallest absolute Gasteiger partial charge is 0.174 e. The summed E-state index contributed by atoms with van der Waals surface area (Å²) in [4.78, 5) is 0. The van der Waals surface area contributed by atoms with Gasteiger partial charge in [0.15, 0.2) is 6.61 Å². The van der Waals surface area contributed by atoms with E-state index >= 15 is 0 Å². The molecular weight excluding hydrogens is 171 g/mol. The Morgan fingerprint density at radius 3 is 2.92 bits per heavy atom. The lowest BCUT2D eigenvalue weighted by molar-refractivity contribution is 0.366. The lowest BCUT2D eigenvalue weighted by Gasteiger charge is -2.02. The SMILES string of the molecule is N#CCOc1c[c]c(F)cc1C#N. The molecule has 0 N–H and O–H groups in total. The topological polar surface area (TPSA) is 56.8 Å². The van der Waals surface area contributed by atoms with Gasteiger partial charge in [-0.1, -0.05) is 0 Å². The van der Waals surface area contributed by atoms with Crippen molar-refractivity contribution in [2.24, 2.45) is 0 Å². The van der Waals surface area contributed by atoms with Gasteiger partial charge >= 0.3 is 0 Å². The molecule has 0 saturated carbocycles. The molecule has 0 aromatic heterocycles. The highest BCUT2D eigenvalue weighted by molar-refractivity contribution is 5.42. The third-order valence-corrected chi connectivity index (χ3v) is 1.29. The maximum atomic E-state index is 12.5. The van der Waals surface area contributed by atoms with Crippen molar-refractivity contribution in [3.63, 3.8) is 0 Å². The van der Waals surface area contributed by atoms with Crippen LogP contribution in [0, 0.1) is 34.5 Å². The second-order valence-electron chi connectivity index (χ2n) is 2.12. The first-order chi connectivity index (χ1) is 6.27. The Balaban J connectivity index is 2.96. The fourth-order valence-corrected chi connectivity index (χ4v) is 0.769. The van der Waals surface area contributed by atoms with Crippen LogP contribution < -0.4 is 4.74 Å². The van der Waals surface area contributed by atoms with E-state index in [2.05, 4.69) is 6.07 Å². The quantitative estimate of drug-likeness (QED) is 0.682. The Kier molecular flexibility index (Phi) is 2.83. The van der Waals surface area contributed by atoms with Crippen LogP contribution in [-0.2, 0) is 0 Å². The largest absolute Gasteiger partial charge is 0.477 e. The van der Waals surface area contributed by atoms with E-state index in [1.54, 1.807) is 12.1 Å². The number of hydrogen-bond donors (Lipinski definition) is 0. The molecule has 1 aromatic rings. The van der Waals surface area contributed by atoms with Gasteiger partial charge < -0.3 is 4.74 Å². The van der Waals surface area contributed by atoms with Gasteiger partial charge in [-0.15, -0.1) is 0 Å². The summed E-state index contributed by atoms with van der Waals surface area (Å²) in [6.07, 6.45) is 0. The van der Waals surface area contributed by atoms with E-state index in [0.717, 1.165) is 6.07 Å². The van der Waals surface area contributed by atoms with Gasteiger partial charge in [-0.05, 0) is 12.1 Å². The summed E-state index contributed by atoms with van der Waals surface area (Å²) in [6.45, 7) is -0.172. The Morgan fingerprint density at radius 1 is 1.54 bits per heavy atom. The standard InChI is InChI=1S/C9H4FN2O/c10-8-1-2-9(13-4-3-11)7(5-8)6-12/h2,5H,4H2. The monoisotopic (exact) mass is 175 g/mol. The van der Waals surface area contributed by atoms with Crippen LogP contribution >= 0.6 is 0 Å². The average molecular weight is 175 g/mol. The highest BCUT2D eigenvalue weighted by atomic mass is 19.1. The molecule has 1 radical (unpaired) electrons. The maximum Gasteiger partial charge on any atom is 0.174 e. The first-order valence-electron chi connectivity index (χ1n) is 3.39. The van der Waals surface area contributed by atoms with Crippen molar-refractivity contribution < 1.29 is 9.13 Å². The van der Waals surface area contributed by atoms with Gasteiger partial charge in [-0.2, -0.15) is 10.5 Å². The Labute approximate surface area is 74.6 Å². The third-order valence-electron chi connectivity index (χ3n) is 1.29. The van der Waals surface area contributed by atoms with Crippen molar-refractivity contribution in [3.05, 3.63) is 29.6 Å². The van der Waals surface area contributed by atoms with Crippen LogP contribution in [0.5, 0.6) is 5.75 Å². The molecule has 0 fully saturated rings. The maximum absolute atomic E-state index is 12.5. The molecular formula is C9H4FN2O. The Hall–Kier alpha value is -2.07. The zero-order valence-corrected chi connectivity index (χ0v) is 6.54. The van der Waals surface area contributed by atoms with E-state index in [1.165, 1.54) is 6.07 Å². The predicted octanol–water partition coefficient (Wildman–Crippen LogP) is 1.40. The minimum Gasteiger partial charge on any atom is -0.477 e. The van der Waals surface area contributed by atoms with E-state index in [4.69, 9.17) is 15.3 Å². The van der Waals surface area contributed by atoms with Crippen molar-refractivity contribution in [2.45, 2.75) is 0 Å². The average Bonchev–Trinajstić information content (AvgIpc) is 2.16. The van der Waals surface area contributed by atoms with Crippen LogP contribution in [0.25, 0.3) is 0 Å². The Bertz CT molecular complexity index is 390. The van der Waals surface area contributed by atoms with Crippen LogP contribution in [-0.4, -0.2) is 6.61 Å². The fourth-order valence-electron chi connectivity index (χ4n) is 0.769. The minimum absolute atomic E-state index is 0.0616. The molecule has 0 bridgehead atoms. The first kappa shape index (κ1) is 9.02.